The molecule has 1 aliphatic rings. The summed E-state index contributed by atoms with van der Waals surface area (Å²) in [5.74, 6) is 0.826. The molecule has 0 aromatic heterocycles. The predicted octanol–water partition coefficient (Wildman–Crippen LogP) is 2.04. The van der Waals surface area contributed by atoms with Gasteiger partial charge in [0.2, 0.25) is 0 Å². The molecule has 108 valence electrons. The van der Waals surface area contributed by atoms with Crippen molar-refractivity contribution in [2.24, 2.45) is 5.92 Å². The standard InChI is InChI=1S/C15H33N3/c1-13(2)6-7-14(3)16-8-9-18-11-10-17(5)12-15(18)4/h13-16H,6-12H2,1-5H3. The third kappa shape index (κ3) is 6.17. The Balaban J connectivity index is 2.10. The van der Waals surface area contributed by atoms with Gasteiger partial charge in [0.1, 0.15) is 0 Å². The van der Waals surface area contributed by atoms with Crippen molar-refractivity contribution < 1.29 is 0 Å². The van der Waals surface area contributed by atoms with Gasteiger partial charge in [0.25, 0.3) is 0 Å². The molecule has 1 N–H and O–H groups in total. The van der Waals surface area contributed by atoms with Gasteiger partial charge in [-0.2, -0.15) is 0 Å². The second-order valence-corrected chi connectivity index (χ2v) is 6.47. The number of nitrogens with zero attached hydrogens (tertiary/aromatic N) is 2. The van der Waals surface area contributed by atoms with Gasteiger partial charge < -0.3 is 10.2 Å². The molecule has 0 aliphatic carbocycles. The Morgan fingerprint density at radius 2 is 1.89 bits per heavy atom. The van der Waals surface area contributed by atoms with E-state index in [1.165, 1.54) is 39.0 Å². The van der Waals surface area contributed by atoms with Crippen molar-refractivity contribution in [1.29, 1.82) is 0 Å². The highest BCUT2D eigenvalue weighted by atomic mass is 15.3. The van der Waals surface area contributed by atoms with Crippen LogP contribution in [-0.4, -0.2) is 61.7 Å². The number of piperazine rings is 1. The molecule has 0 aromatic carbocycles. The van der Waals surface area contributed by atoms with Gasteiger partial charge in [0.15, 0.2) is 0 Å². The van der Waals surface area contributed by atoms with E-state index in [0.717, 1.165) is 12.5 Å². The summed E-state index contributed by atoms with van der Waals surface area (Å²) in [6, 6.07) is 1.37. The second kappa shape index (κ2) is 8.13. The molecular formula is C15H33N3. The summed E-state index contributed by atoms with van der Waals surface area (Å²) in [5, 5.41) is 3.66. The van der Waals surface area contributed by atoms with E-state index in [-0.39, 0.29) is 0 Å². The van der Waals surface area contributed by atoms with Crippen molar-refractivity contribution >= 4 is 0 Å². The molecule has 1 saturated heterocycles. The van der Waals surface area contributed by atoms with E-state index in [0.29, 0.717) is 12.1 Å². The van der Waals surface area contributed by atoms with Crippen LogP contribution < -0.4 is 5.32 Å². The van der Waals surface area contributed by atoms with Crippen LogP contribution in [0.1, 0.15) is 40.5 Å². The van der Waals surface area contributed by atoms with Crippen LogP contribution in [0.2, 0.25) is 0 Å². The van der Waals surface area contributed by atoms with Crippen LogP contribution in [0, 0.1) is 5.92 Å². The lowest BCUT2D eigenvalue weighted by Crippen LogP contribution is -2.52. The van der Waals surface area contributed by atoms with Crippen LogP contribution in [-0.2, 0) is 0 Å². The molecule has 1 rings (SSSR count). The fourth-order valence-electron chi connectivity index (χ4n) is 2.65. The van der Waals surface area contributed by atoms with Gasteiger partial charge in [-0.1, -0.05) is 13.8 Å². The van der Waals surface area contributed by atoms with Crippen molar-refractivity contribution in [3.63, 3.8) is 0 Å². The molecule has 18 heavy (non-hydrogen) atoms. The molecular weight excluding hydrogens is 222 g/mol. The van der Waals surface area contributed by atoms with Crippen LogP contribution in [0.4, 0.5) is 0 Å². The first-order valence-corrected chi connectivity index (χ1v) is 7.65. The van der Waals surface area contributed by atoms with E-state index >= 15 is 0 Å². The fourth-order valence-corrected chi connectivity index (χ4v) is 2.65. The number of likely N-dealkylation sites (N-methyl/N-ethyl adjacent to an activating group) is 1. The van der Waals surface area contributed by atoms with Gasteiger partial charge in [-0.25, -0.2) is 0 Å². The number of rotatable bonds is 7. The zero-order valence-corrected chi connectivity index (χ0v) is 13.1. The Labute approximate surface area is 114 Å². The van der Waals surface area contributed by atoms with Crippen LogP contribution in [0.5, 0.6) is 0 Å². The van der Waals surface area contributed by atoms with E-state index in [1.54, 1.807) is 0 Å². The largest absolute Gasteiger partial charge is 0.313 e. The van der Waals surface area contributed by atoms with Crippen molar-refractivity contribution in [2.45, 2.75) is 52.6 Å². The first-order valence-electron chi connectivity index (χ1n) is 7.65. The minimum Gasteiger partial charge on any atom is -0.313 e. The molecule has 1 heterocycles. The van der Waals surface area contributed by atoms with Crippen LogP contribution in [0.15, 0.2) is 0 Å². The Morgan fingerprint density at radius 1 is 1.17 bits per heavy atom. The molecule has 0 amide bonds. The van der Waals surface area contributed by atoms with E-state index < -0.39 is 0 Å². The molecule has 1 fully saturated rings. The van der Waals surface area contributed by atoms with E-state index in [4.69, 9.17) is 0 Å². The molecule has 3 nitrogen and oxygen atoms in total. The average molecular weight is 255 g/mol. The molecule has 1 aliphatic heterocycles. The minimum atomic E-state index is 0.662. The smallest absolute Gasteiger partial charge is 0.0195 e. The highest BCUT2D eigenvalue weighted by Crippen LogP contribution is 2.08. The molecule has 0 spiro atoms. The molecule has 0 saturated carbocycles. The Kier molecular flexibility index (Phi) is 7.20. The van der Waals surface area contributed by atoms with E-state index in [2.05, 4.69) is 49.9 Å². The molecule has 2 unspecified atom stereocenters. The Morgan fingerprint density at radius 3 is 2.50 bits per heavy atom. The van der Waals surface area contributed by atoms with Gasteiger partial charge in [0.05, 0.1) is 0 Å². The zero-order chi connectivity index (χ0) is 13.5. The van der Waals surface area contributed by atoms with Crippen molar-refractivity contribution in [2.75, 3.05) is 39.8 Å². The Hall–Kier alpha value is -0.120. The summed E-state index contributed by atoms with van der Waals surface area (Å²) >= 11 is 0. The highest BCUT2D eigenvalue weighted by Gasteiger charge is 2.20. The summed E-state index contributed by atoms with van der Waals surface area (Å²) in [6.45, 7) is 15.2. The quantitative estimate of drug-likeness (QED) is 0.751. The van der Waals surface area contributed by atoms with Crippen molar-refractivity contribution in [3.8, 4) is 0 Å². The molecule has 0 radical (unpaired) electrons. The lowest BCUT2D eigenvalue weighted by atomic mass is 10.0. The maximum atomic E-state index is 3.66. The SMILES string of the molecule is CC(C)CCC(C)NCCN1CCN(C)CC1C. The van der Waals surface area contributed by atoms with Gasteiger partial charge in [-0.05, 0) is 39.7 Å². The second-order valence-electron chi connectivity index (χ2n) is 6.47. The lowest BCUT2D eigenvalue weighted by Gasteiger charge is -2.38. The molecule has 0 bridgehead atoms. The third-order valence-corrected chi connectivity index (χ3v) is 4.04. The summed E-state index contributed by atoms with van der Waals surface area (Å²) in [4.78, 5) is 5.04. The van der Waals surface area contributed by atoms with Gasteiger partial charge in [-0.3, -0.25) is 4.90 Å². The van der Waals surface area contributed by atoms with Crippen LogP contribution in [0.25, 0.3) is 0 Å². The zero-order valence-electron chi connectivity index (χ0n) is 13.1. The fraction of sp³-hybridized carbons (Fsp3) is 1.00. The number of nitrogens with one attached hydrogen (secondary N) is 1. The third-order valence-electron chi connectivity index (χ3n) is 4.04. The molecule has 0 aromatic rings. The summed E-state index contributed by atoms with van der Waals surface area (Å²) < 4.78 is 0. The lowest BCUT2D eigenvalue weighted by molar-refractivity contribution is 0.100. The first kappa shape index (κ1) is 15.9. The summed E-state index contributed by atoms with van der Waals surface area (Å²) in [7, 11) is 2.22. The monoisotopic (exact) mass is 255 g/mol. The molecule has 2 atom stereocenters. The minimum absolute atomic E-state index is 0.662. The maximum absolute atomic E-state index is 3.66. The van der Waals surface area contributed by atoms with Gasteiger partial charge in [0, 0.05) is 44.8 Å². The maximum Gasteiger partial charge on any atom is 0.0195 e. The van der Waals surface area contributed by atoms with Crippen LogP contribution in [0.3, 0.4) is 0 Å². The average Bonchev–Trinajstić information content (AvgIpc) is 2.29. The number of hydrogen-bond donors (Lipinski definition) is 1. The highest BCUT2D eigenvalue weighted by molar-refractivity contribution is 4.78. The number of hydrogen-bond acceptors (Lipinski definition) is 3. The van der Waals surface area contributed by atoms with Gasteiger partial charge >= 0.3 is 0 Å². The van der Waals surface area contributed by atoms with E-state index in [9.17, 15) is 0 Å². The molecule has 3 heteroatoms. The van der Waals surface area contributed by atoms with Crippen LogP contribution >= 0.6 is 0 Å². The summed E-state index contributed by atoms with van der Waals surface area (Å²) in [5.41, 5.74) is 0. The summed E-state index contributed by atoms with van der Waals surface area (Å²) in [6.07, 6.45) is 2.63. The van der Waals surface area contributed by atoms with E-state index in [1.807, 2.05) is 0 Å². The topological polar surface area (TPSA) is 18.5 Å². The Bertz CT molecular complexity index is 218. The predicted molar refractivity (Wildman–Crippen MR) is 80.1 cm³/mol. The van der Waals surface area contributed by atoms with Crippen molar-refractivity contribution in [1.82, 2.24) is 15.1 Å². The normalized spacial score (nSPS) is 24.7. The van der Waals surface area contributed by atoms with Crippen molar-refractivity contribution in [3.05, 3.63) is 0 Å². The first-order chi connectivity index (χ1) is 8.49. The van der Waals surface area contributed by atoms with Gasteiger partial charge in [-0.15, -0.1) is 0 Å².